The highest BCUT2D eigenvalue weighted by atomic mass is 16.2. The fourth-order valence-corrected chi connectivity index (χ4v) is 4.24. The zero-order valence-electron chi connectivity index (χ0n) is 19.3. The first-order valence-corrected chi connectivity index (χ1v) is 11.6. The lowest BCUT2D eigenvalue weighted by Crippen LogP contribution is -2.43. The summed E-state index contributed by atoms with van der Waals surface area (Å²) in [6.07, 6.45) is 0.769. The highest BCUT2D eigenvalue weighted by Gasteiger charge is 2.23. The number of amides is 3. The number of nitrogens with one attached hydrogen (secondary N) is 1. The van der Waals surface area contributed by atoms with Crippen LogP contribution in [0, 0.1) is 6.92 Å². The Hall–Kier alpha value is -3.60. The van der Waals surface area contributed by atoms with E-state index in [0.717, 1.165) is 23.1 Å². The number of carbonyl (C=O) groups is 2. The van der Waals surface area contributed by atoms with Gasteiger partial charge >= 0.3 is 6.03 Å². The third-order valence-electron chi connectivity index (χ3n) is 6.19. The van der Waals surface area contributed by atoms with E-state index in [1.807, 2.05) is 66.1 Å². The number of carbonyl (C=O) groups excluding carboxylic acids is 2. The fraction of sp³-hybridized carbons (Fsp3) is 0.286. The van der Waals surface area contributed by atoms with Crippen molar-refractivity contribution in [1.82, 2.24) is 15.1 Å². The van der Waals surface area contributed by atoms with Gasteiger partial charge in [0.15, 0.2) is 0 Å². The monoisotopic (exact) mass is 441 g/mol. The maximum Gasteiger partial charge on any atom is 0.317 e. The molecule has 33 heavy (non-hydrogen) atoms. The molecule has 0 radical (unpaired) electrons. The first kappa shape index (κ1) is 22.6. The number of aryl methyl sites for hydroxylation is 1. The minimum absolute atomic E-state index is 0.0350. The van der Waals surface area contributed by atoms with Gasteiger partial charge in [-0.1, -0.05) is 72.3 Å². The molecule has 3 amide bonds. The first-order chi connectivity index (χ1) is 16.0. The lowest BCUT2D eigenvalue weighted by molar-refractivity contribution is 0.0762. The van der Waals surface area contributed by atoms with Crippen LogP contribution in [-0.4, -0.2) is 47.9 Å². The second kappa shape index (κ2) is 10.3. The average molecular weight is 442 g/mol. The molecule has 1 aliphatic heterocycles. The number of rotatable bonds is 4. The van der Waals surface area contributed by atoms with Crippen LogP contribution in [0.1, 0.15) is 40.9 Å². The van der Waals surface area contributed by atoms with Gasteiger partial charge in [0.1, 0.15) is 0 Å². The predicted octanol–water partition coefficient (Wildman–Crippen LogP) is 5.28. The molecule has 1 aliphatic rings. The summed E-state index contributed by atoms with van der Waals surface area (Å²) >= 11 is 0. The highest BCUT2D eigenvalue weighted by Crippen LogP contribution is 2.22. The number of benzene rings is 3. The maximum absolute atomic E-state index is 12.9. The molecule has 1 heterocycles. The van der Waals surface area contributed by atoms with Crippen LogP contribution in [0.4, 0.5) is 4.79 Å². The van der Waals surface area contributed by atoms with E-state index in [2.05, 4.69) is 41.7 Å². The van der Waals surface area contributed by atoms with Gasteiger partial charge in [0.25, 0.3) is 5.91 Å². The Kier molecular flexibility index (Phi) is 7.08. The van der Waals surface area contributed by atoms with E-state index in [-0.39, 0.29) is 18.0 Å². The smallest absolute Gasteiger partial charge is 0.317 e. The summed E-state index contributed by atoms with van der Waals surface area (Å²) in [5.74, 6) is 0.0350. The molecule has 4 rings (SSSR count). The van der Waals surface area contributed by atoms with Crippen molar-refractivity contribution in [3.8, 4) is 11.1 Å². The van der Waals surface area contributed by atoms with Crippen molar-refractivity contribution < 1.29 is 9.59 Å². The van der Waals surface area contributed by atoms with Crippen LogP contribution >= 0.6 is 0 Å². The normalized spacial score (nSPS) is 15.0. The quantitative estimate of drug-likeness (QED) is 0.599. The molecule has 0 spiro atoms. The number of hydrogen-bond acceptors (Lipinski definition) is 2. The van der Waals surface area contributed by atoms with Gasteiger partial charge in [-0.05, 0) is 49.1 Å². The molecule has 0 aromatic heterocycles. The average Bonchev–Trinajstić information content (AvgIpc) is 3.11. The van der Waals surface area contributed by atoms with Crippen molar-refractivity contribution in [3.05, 3.63) is 95.6 Å². The molecule has 3 aromatic rings. The van der Waals surface area contributed by atoms with Gasteiger partial charge in [-0.25, -0.2) is 4.79 Å². The van der Waals surface area contributed by atoms with Crippen molar-refractivity contribution in [3.63, 3.8) is 0 Å². The zero-order valence-corrected chi connectivity index (χ0v) is 19.3. The highest BCUT2D eigenvalue weighted by molar-refractivity contribution is 5.94. The molecule has 1 fully saturated rings. The molecule has 0 saturated carbocycles. The maximum atomic E-state index is 12.9. The lowest BCUT2D eigenvalue weighted by Gasteiger charge is -2.24. The Morgan fingerprint density at radius 3 is 2.18 bits per heavy atom. The Labute approximate surface area is 196 Å². The van der Waals surface area contributed by atoms with Crippen molar-refractivity contribution in [2.45, 2.75) is 26.3 Å². The van der Waals surface area contributed by atoms with E-state index in [1.54, 1.807) is 0 Å². The van der Waals surface area contributed by atoms with Crippen molar-refractivity contribution in [2.75, 3.05) is 26.2 Å². The summed E-state index contributed by atoms with van der Waals surface area (Å²) in [4.78, 5) is 29.5. The van der Waals surface area contributed by atoms with Crippen LogP contribution in [0.2, 0.25) is 0 Å². The van der Waals surface area contributed by atoms with Gasteiger partial charge in [-0.15, -0.1) is 0 Å². The molecule has 0 bridgehead atoms. The Morgan fingerprint density at radius 1 is 0.788 bits per heavy atom. The van der Waals surface area contributed by atoms with Crippen LogP contribution in [0.15, 0.2) is 78.9 Å². The fourth-order valence-electron chi connectivity index (χ4n) is 4.24. The van der Waals surface area contributed by atoms with Crippen LogP contribution in [0.3, 0.4) is 0 Å². The van der Waals surface area contributed by atoms with Crippen molar-refractivity contribution in [1.29, 1.82) is 0 Å². The summed E-state index contributed by atoms with van der Waals surface area (Å²) in [5, 5.41) is 3.12. The minimum atomic E-state index is -0.101. The van der Waals surface area contributed by atoms with E-state index < -0.39 is 0 Å². The molecular weight excluding hydrogens is 410 g/mol. The molecule has 5 nitrogen and oxygen atoms in total. The molecular formula is C28H31N3O2. The van der Waals surface area contributed by atoms with E-state index in [0.29, 0.717) is 31.7 Å². The molecule has 170 valence electrons. The van der Waals surface area contributed by atoms with Gasteiger partial charge in [0.05, 0.1) is 6.04 Å². The third kappa shape index (κ3) is 5.61. The van der Waals surface area contributed by atoms with Crippen molar-refractivity contribution in [2.24, 2.45) is 0 Å². The van der Waals surface area contributed by atoms with Gasteiger partial charge in [-0.3, -0.25) is 4.79 Å². The Bertz CT molecular complexity index is 1100. The summed E-state index contributed by atoms with van der Waals surface area (Å²) in [6.45, 7) is 6.36. The molecule has 5 heteroatoms. The van der Waals surface area contributed by atoms with E-state index in [4.69, 9.17) is 0 Å². The molecule has 1 N–H and O–H groups in total. The first-order valence-electron chi connectivity index (χ1n) is 11.6. The number of urea groups is 1. The molecule has 3 aromatic carbocycles. The zero-order chi connectivity index (χ0) is 23.2. The molecule has 0 aliphatic carbocycles. The van der Waals surface area contributed by atoms with Gasteiger partial charge in [0.2, 0.25) is 0 Å². The SMILES string of the molecule is Cc1cccc(C(=O)N2CCCN(C(=O)NC(C)c3ccc(-c4ccccc4)cc3)CC2)c1. The van der Waals surface area contributed by atoms with Gasteiger partial charge in [0, 0.05) is 31.7 Å². The third-order valence-corrected chi connectivity index (χ3v) is 6.19. The second-order valence-electron chi connectivity index (χ2n) is 8.66. The van der Waals surface area contributed by atoms with Crippen LogP contribution in [-0.2, 0) is 0 Å². The van der Waals surface area contributed by atoms with Crippen LogP contribution in [0.25, 0.3) is 11.1 Å². The Balaban J connectivity index is 1.33. The van der Waals surface area contributed by atoms with E-state index >= 15 is 0 Å². The summed E-state index contributed by atoms with van der Waals surface area (Å²) < 4.78 is 0. The minimum Gasteiger partial charge on any atom is -0.337 e. The lowest BCUT2D eigenvalue weighted by atomic mass is 10.0. The standard InChI is InChI=1S/C28H31N3O2/c1-21-8-6-11-26(20-21)27(32)30-16-7-17-31(19-18-30)28(33)29-22(2)23-12-14-25(15-13-23)24-9-4-3-5-10-24/h3-6,8-15,20,22H,7,16-19H2,1-2H3,(H,29,33). The van der Waals surface area contributed by atoms with Crippen LogP contribution < -0.4 is 5.32 Å². The molecule has 1 atom stereocenters. The molecule has 1 saturated heterocycles. The number of nitrogens with zero attached hydrogens (tertiary/aromatic N) is 2. The van der Waals surface area contributed by atoms with Crippen LogP contribution in [0.5, 0.6) is 0 Å². The second-order valence-corrected chi connectivity index (χ2v) is 8.66. The summed E-state index contributed by atoms with van der Waals surface area (Å²) in [6, 6.07) is 26.1. The molecule has 1 unspecified atom stereocenters. The topological polar surface area (TPSA) is 52.7 Å². The van der Waals surface area contributed by atoms with E-state index in [9.17, 15) is 9.59 Å². The Morgan fingerprint density at radius 2 is 1.45 bits per heavy atom. The predicted molar refractivity (Wildman–Crippen MR) is 132 cm³/mol. The summed E-state index contributed by atoms with van der Waals surface area (Å²) in [5.41, 5.74) is 5.18. The van der Waals surface area contributed by atoms with Gasteiger partial charge < -0.3 is 15.1 Å². The summed E-state index contributed by atoms with van der Waals surface area (Å²) in [7, 11) is 0. The van der Waals surface area contributed by atoms with Gasteiger partial charge in [-0.2, -0.15) is 0 Å². The van der Waals surface area contributed by atoms with Crippen molar-refractivity contribution >= 4 is 11.9 Å². The largest absolute Gasteiger partial charge is 0.337 e. The van der Waals surface area contributed by atoms with E-state index in [1.165, 1.54) is 5.56 Å². The number of hydrogen-bond donors (Lipinski definition) is 1.